The summed E-state index contributed by atoms with van der Waals surface area (Å²) in [5.74, 6) is 0. The zero-order valence-electron chi connectivity index (χ0n) is 8.93. The molecule has 6 heteroatoms. The van der Waals surface area contributed by atoms with Crippen LogP contribution in [0.4, 0.5) is 0 Å². The van der Waals surface area contributed by atoms with E-state index in [0.29, 0.717) is 0 Å². The summed E-state index contributed by atoms with van der Waals surface area (Å²) in [5.41, 5.74) is 2.23. The predicted molar refractivity (Wildman–Crippen MR) is 66.1 cm³/mol. The molecule has 1 unspecified atom stereocenters. The maximum atomic E-state index is 11.2. The lowest BCUT2D eigenvalue weighted by molar-refractivity contribution is 0.472. The van der Waals surface area contributed by atoms with Crippen molar-refractivity contribution in [3.05, 3.63) is 35.4 Å². The van der Waals surface area contributed by atoms with Gasteiger partial charge >= 0.3 is 0 Å². The number of rotatable bonds is 2. The Morgan fingerprint density at radius 1 is 1.38 bits per heavy atom. The van der Waals surface area contributed by atoms with Crippen molar-refractivity contribution in [1.29, 1.82) is 0 Å². The van der Waals surface area contributed by atoms with Crippen LogP contribution in [0.1, 0.15) is 17.3 Å². The number of nitrogens with one attached hydrogen (secondary N) is 2. The molecule has 0 aliphatic carbocycles. The largest absolute Gasteiger partial charge is 0.297 e. The van der Waals surface area contributed by atoms with Crippen LogP contribution in [0.25, 0.3) is 0 Å². The maximum Gasteiger partial charge on any atom is 0.210 e. The number of hydrogen-bond donors (Lipinski definition) is 2. The van der Waals surface area contributed by atoms with E-state index in [4.69, 9.17) is 0 Å². The topological polar surface area (TPSA) is 58.2 Å². The van der Waals surface area contributed by atoms with Crippen LogP contribution in [0.3, 0.4) is 0 Å². The molecule has 0 amide bonds. The minimum absolute atomic E-state index is 0. The van der Waals surface area contributed by atoms with Gasteiger partial charge in [0.25, 0.3) is 0 Å². The van der Waals surface area contributed by atoms with Crippen LogP contribution in [0.15, 0.2) is 24.3 Å². The van der Waals surface area contributed by atoms with Gasteiger partial charge in [-0.25, -0.2) is 8.42 Å². The molecule has 0 radical (unpaired) electrons. The minimum atomic E-state index is -3.18. The third kappa shape index (κ3) is 3.18. The average molecular weight is 263 g/mol. The van der Waals surface area contributed by atoms with Crippen LogP contribution in [0.5, 0.6) is 0 Å². The first-order chi connectivity index (χ1) is 7.06. The van der Waals surface area contributed by atoms with E-state index in [-0.39, 0.29) is 18.6 Å². The molecule has 2 rings (SSSR count). The standard InChI is InChI=1S/C10H14N2O2S.ClH/c1-15(13,14)12-10-9-5-3-2-4-8(9)6-7-11-10;/h2-5,10-12H,6-7H2,1H3;1H. The summed E-state index contributed by atoms with van der Waals surface area (Å²) in [6.07, 6.45) is 1.83. The number of halogens is 1. The minimum Gasteiger partial charge on any atom is -0.297 e. The van der Waals surface area contributed by atoms with E-state index < -0.39 is 10.0 Å². The highest BCUT2D eigenvalue weighted by molar-refractivity contribution is 7.88. The van der Waals surface area contributed by atoms with Gasteiger partial charge in [-0.3, -0.25) is 5.32 Å². The smallest absolute Gasteiger partial charge is 0.210 e. The van der Waals surface area contributed by atoms with E-state index in [1.807, 2.05) is 24.3 Å². The quantitative estimate of drug-likeness (QED) is 0.829. The molecule has 1 atom stereocenters. The van der Waals surface area contributed by atoms with Crippen LogP contribution in [-0.4, -0.2) is 21.2 Å². The fourth-order valence-electron chi connectivity index (χ4n) is 1.82. The Hall–Kier alpha value is -0.620. The number of sulfonamides is 1. The third-order valence-electron chi connectivity index (χ3n) is 2.44. The Labute approximate surface area is 102 Å². The van der Waals surface area contributed by atoms with Gasteiger partial charge in [-0.05, 0) is 17.5 Å². The second-order valence-electron chi connectivity index (χ2n) is 3.73. The fraction of sp³-hybridized carbons (Fsp3) is 0.400. The van der Waals surface area contributed by atoms with Gasteiger partial charge in [0.1, 0.15) is 0 Å². The Morgan fingerprint density at radius 2 is 2.06 bits per heavy atom. The molecule has 0 saturated heterocycles. The molecule has 1 aromatic carbocycles. The molecule has 16 heavy (non-hydrogen) atoms. The second kappa shape index (κ2) is 5.14. The molecule has 0 saturated carbocycles. The molecule has 0 fully saturated rings. The molecule has 1 heterocycles. The Kier molecular flexibility index (Phi) is 4.32. The molecular weight excluding hydrogens is 248 g/mol. The van der Waals surface area contributed by atoms with Crippen molar-refractivity contribution in [3.8, 4) is 0 Å². The number of benzene rings is 1. The summed E-state index contributed by atoms with van der Waals surface area (Å²) < 4.78 is 24.9. The maximum absolute atomic E-state index is 11.2. The van der Waals surface area contributed by atoms with E-state index in [9.17, 15) is 8.42 Å². The lowest BCUT2D eigenvalue weighted by atomic mass is 9.99. The number of fused-ring (bicyclic) bond motifs is 1. The number of hydrogen-bond acceptors (Lipinski definition) is 3. The van der Waals surface area contributed by atoms with E-state index in [1.165, 1.54) is 11.8 Å². The van der Waals surface area contributed by atoms with Gasteiger partial charge in [-0.15, -0.1) is 12.4 Å². The molecule has 0 aromatic heterocycles. The molecule has 0 bridgehead atoms. The molecule has 1 aliphatic heterocycles. The van der Waals surface area contributed by atoms with Gasteiger partial charge in [0, 0.05) is 6.54 Å². The van der Waals surface area contributed by atoms with Crippen LogP contribution in [0.2, 0.25) is 0 Å². The average Bonchev–Trinajstić information content (AvgIpc) is 2.16. The van der Waals surface area contributed by atoms with Crippen molar-refractivity contribution in [3.63, 3.8) is 0 Å². The molecule has 2 N–H and O–H groups in total. The van der Waals surface area contributed by atoms with Gasteiger partial charge in [0.05, 0.1) is 12.4 Å². The molecule has 0 spiro atoms. The SMILES string of the molecule is CS(=O)(=O)NC1NCCc2ccccc21.Cl. The van der Waals surface area contributed by atoms with Gasteiger partial charge in [-0.2, -0.15) is 4.72 Å². The normalized spacial score (nSPS) is 19.7. The van der Waals surface area contributed by atoms with Crippen LogP contribution in [-0.2, 0) is 16.4 Å². The fourth-order valence-corrected chi connectivity index (χ4v) is 2.46. The first-order valence-electron chi connectivity index (χ1n) is 4.85. The Bertz CT molecular complexity index is 462. The molecule has 1 aliphatic rings. The van der Waals surface area contributed by atoms with E-state index in [1.54, 1.807) is 0 Å². The van der Waals surface area contributed by atoms with Crippen molar-refractivity contribution in [2.45, 2.75) is 12.6 Å². The van der Waals surface area contributed by atoms with Crippen LogP contribution in [0, 0.1) is 0 Å². The molecule has 1 aromatic rings. The summed E-state index contributed by atoms with van der Waals surface area (Å²) in [7, 11) is -3.18. The first kappa shape index (κ1) is 13.4. The van der Waals surface area contributed by atoms with Crippen LogP contribution < -0.4 is 10.0 Å². The molecule has 90 valence electrons. The first-order valence-corrected chi connectivity index (χ1v) is 6.74. The van der Waals surface area contributed by atoms with E-state index in [2.05, 4.69) is 10.0 Å². The highest BCUT2D eigenvalue weighted by atomic mass is 35.5. The van der Waals surface area contributed by atoms with Crippen molar-refractivity contribution >= 4 is 22.4 Å². The third-order valence-corrected chi connectivity index (χ3v) is 3.10. The lowest BCUT2D eigenvalue weighted by Crippen LogP contribution is -2.41. The predicted octanol–water partition coefficient (Wildman–Crippen LogP) is 0.802. The van der Waals surface area contributed by atoms with Gasteiger partial charge < -0.3 is 0 Å². The second-order valence-corrected chi connectivity index (χ2v) is 5.51. The van der Waals surface area contributed by atoms with Gasteiger partial charge in [-0.1, -0.05) is 24.3 Å². The van der Waals surface area contributed by atoms with E-state index in [0.717, 1.165) is 18.5 Å². The highest BCUT2D eigenvalue weighted by Crippen LogP contribution is 2.20. The van der Waals surface area contributed by atoms with Gasteiger partial charge in [0.15, 0.2) is 0 Å². The van der Waals surface area contributed by atoms with Crippen molar-refractivity contribution in [2.24, 2.45) is 0 Å². The van der Waals surface area contributed by atoms with Crippen molar-refractivity contribution in [1.82, 2.24) is 10.0 Å². The summed E-state index contributed by atoms with van der Waals surface area (Å²) in [6.45, 7) is 0.796. The zero-order valence-corrected chi connectivity index (χ0v) is 10.6. The molecule has 4 nitrogen and oxygen atoms in total. The highest BCUT2D eigenvalue weighted by Gasteiger charge is 2.21. The summed E-state index contributed by atoms with van der Waals surface area (Å²) >= 11 is 0. The lowest BCUT2D eigenvalue weighted by Gasteiger charge is -2.26. The van der Waals surface area contributed by atoms with Crippen molar-refractivity contribution < 1.29 is 8.42 Å². The summed E-state index contributed by atoms with van der Waals surface area (Å²) in [5, 5.41) is 3.14. The van der Waals surface area contributed by atoms with E-state index >= 15 is 0 Å². The Balaban J connectivity index is 0.00000128. The summed E-state index contributed by atoms with van der Waals surface area (Å²) in [6, 6.07) is 7.88. The molecular formula is C10H15ClN2O2S. The Morgan fingerprint density at radius 3 is 2.75 bits per heavy atom. The zero-order chi connectivity index (χ0) is 10.9. The van der Waals surface area contributed by atoms with Gasteiger partial charge in [0.2, 0.25) is 10.0 Å². The monoisotopic (exact) mass is 262 g/mol. The van der Waals surface area contributed by atoms with Crippen LogP contribution >= 0.6 is 12.4 Å². The summed E-state index contributed by atoms with van der Waals surface area (Å²) in [4.78, 5) is 0. The van der Waals surface area contributed by atoms with Crippen molar-refractivity contribution in [2.75, 3.05) is 12.8 Å².